The van der Waals surface area contributed by atoms with Gasteiger partial charge in [-0.05, 0) is 46.0 Å². The highest BCUT2D eigenvalue weighted by Crippen LogP contribution is 2.11. The maximum absolute atomic E-state index is 11.4. The van der Waals surface area contributed by atoms with E-state index in [0.717, 1.165) is 19.4 Å². The molecule has 0 radical (unpaired) electrons. The number of unbranched alkanes of at least 4 members (excludes halogenated alkanes) is 5. The number of carbonyl (C=O) groups is 1. The summed E-state index contributed by atoms with van der Waals surface area (Å²) in [6.07, 6.45) is 14.5. The zero-order valence-electron chi connectivity index (χ0n) is 15.7. The molecule has 0 heterocycles. The predicted molar refractivity (Wildman–Crippen MR) is 101 cm³/mol. The van der Waals surface area contributed by atoms with Crippen LogP contribution in [0.25, 0.3) is 0 Å². The fraction of sp³-hybridized carbons (Fsp3) is 0.667. The fourth-order valence-corrected chi connectivity index (χ4v) is 1.84. The van der Waals surface area contributed by atoms with Gasteiger partial charge in [0.15, 0.2) is 0 Å². The number of hydrogen-bond acceptors (Lipinski definition) is 1. The van der Waals surface area contributed by atoms with E-state index in [1.54, 1.807) is 6.08 Å². The highest BCUT2D eigenvalue weighted by Gasteiger charge is 2.02. The Hall–Kier alpha value is -1.49. The van der Waals surface area contributed by atoms with E-state index in [2.05, 4.69) is 57.9 Å². The SMILES string of the molecule is CC(C)CNC(=O)C=CC=CCCCCCCC#CC(C)(C)C. The second-order valence-corrected chi connectivity index (χ2v) is 7.43. The quantitative estimate of drug-likeness (QED) is 0.253. The van der Waals surface area contributed by atoms with Crippen molar-refractivity contribution >= 4 is 5.91 Å². The molecule has 0 saturated heterocycles. The van der Waals surface area contributed by atoms with Gasteiger partial charge < -0.3 is 5.32 Å². The van der Waals surface area contributed by atoms with E-state index in [-0.39, 0.29) is 11.3 Å². The van der Waals surface area contributed by atoms with Crippen LogP contribution >= 0.6 is 0 Å². The monoisotopic (exact) mass is 317 g/mol. The summed E-state index contributed by atoms with van der Waals surface area (Å²) in [6, 6.07) is 0. The van der Waals surface area contributed by atoms with Crippen LogP contribution in [0.3, 0.4) is 0 Å². The third kappa shape index (κ3) is 18.5. The number of allylic oxidation sites excluding steroid dienone is 3. The summed E-state index contributed by atoms with van der Waals surface area (Å²) in [7, 11) is 0. The Morgan fingerprint density at radius 3 is 2.43 bits per heavy atom. The topological polar surface area (TPSA) is 29.1 Å². The zero-order valence-corrected chi connectivity index (χ0v) is 15.7. The first-order valence-electron chi connectivity index (χ1n) is 8.92. The molecule has 0 aromatic heterocycles. The van der Waals surface area contributed by atoms with E-state index < -0.39 is 0 Å². The fourth-order valence-electron chi connectivity index (χ4n) is 1.84. The van der Waals surface area contributed by atoms with Crippen LogP contribution in [0.4, 0.5) is 0 Å². The average Bonchev–Trinajstić information content (AvgIpc) is 2.45. The number of hydrogen-bond donors (Lipinski definition) is 1. The summed E-state index contributed by atoms with van der Waals surface area (Å²) in [4.78, 5) is 11.4. The maximum atomic E-state index is 11.4. The van der Waals surface area contributed by atoms with E-state index in [1.165, 1.54) is 25.7 Å². The van der Waals surface area contributed by atoms with Gasteiger partial charge in [0.2, 0.25) is 5.91 Å². The molecule has 130 valence electrons. The van der Waals surface area contributed by atoms with Crippen LogP contribution in [-0.2, 0) is 4.79 Å². The van der Waals surface area contributed by atoms with Crippen LogP contribution < -0.4 is 5.32 Å². The highest BCUT2D eigenvalue weighted by atomic mass is 16.1. The largest absolute Gasteiger partial charge is 0.352 e. The van der Waals surface area contributed by atoms with Gasteiger partial charge in [-0.1, -0.05) is 50.8 Å². The van der Waals surface area contributed by atoms with Crippen molar-refractivity contribution in [1.82, 2.24) is 5.32 Å². The van der Waals surface area contributed by atoms with Crippen molar-refractivity contribution in [2.45, 2.75) is 73.1 Å². The Balaban J connectivity index is 3.54. The highest BCUT2D eigenvalue weighted by molar-refractivity contribution is 5.87. The average molecular weight is 318 g/mol. The lowest BCUT2D eigenvalue weighted by molar-refractivity contribution is -0.116. The first kappa shape index (κ1) is 21.5. The molecule has 0 saturated carbocycles. The first-order chi connectivity index (χ1) is 10.8. The Kier molecular flexibility index (Phi) is 12.2. The summed E-state index contributed by atoms with van der Waals surface area (Å²) < 4.78 is 0. The van der Waals surface area contributed by atoms with Gasteiger partial charge in [0.25, 0.3) is 0 Å². The lowest BCUT2D eigenvalue weighted by Gasteiger charge is -2.06. The van der Waals surface area contributed by atoms with Crippen molar-refractivity contribution in [3.63, 3.8) is 0 Å². The van der Waals surface area contributed by atoms with E-state index in [4.69, 9.17) is 0 Å². The predicted octanol–water partition coefficient (Wildman–Crippen LogP) is 5.26. The molecule has 0 unspecified atom stereocenters. The van der Waals surface area contributed by atoms with Crippen LogP contribution in [-0.4, -0.2) is 12.5 Å². The molecular formula is C21H35NO. The smallest absolute Gasteiger partial charge is 0.243 e. The summed E-state index contributed by atoms with van der Waals surface area (Å²) in [5, 5.41) is 2.86. The maximum Gasteiger partial charge on any atom is 0.243 e. The van der Waals surface area contributed by atoms with Gasteiger partial charge in [-0.3, -0.25) is 4.79 Å². The molecule has 2 heteroatoms. The molecule has 23 heavy (non-hydrogen) atoms. The third-order valence-corrected chi connectivity index (χ3v) is 3.07. The van der Waals surface area contributed by atoms with Gasteiger partial charge >= 0.3 is 0 Å². The second-order valence-electron chi connectivity index (χ2n) is 7.43. The zero-order chi connectivity index (χ0) is 17.6. The minimum atomic E-state index is -0.0142. The summed E-state index contributed by atoms with van der Waals surface area (Å²) in [6.45, 7) is 11.3. The Morgan fingerprint density at radius 2 is 1.78 bits per heavy atom. The molecule has 1 amide bonds. The van der Waals surface area contributed by atoms with Gasteiger partial charge in [0, 0.05) is 24.5 Å². The second kappa shape index (κ2) is 13.0. The van der Waals surface area contributed by atoms with Crippen molar-refractivity contribution < 1.29 is 4.79 Å². The molecule has 0 aromatic carbocycles. The van der Waals surface area contributed by atoms with Gasteiger partial charge in [0.1, 0.15) is 0 Å². The first-order valence-corrected chi connectivity index (χ1v) is 8.92. The van der Waals surface area contributed by atoms with Crippen LogP contribution in [0, 0.1) is 23.2 Å². The van der Waals surface area contributed by atoms with E-state index in [0.29, 0.717) is 5.92 Å². The third-order valence-electron chi connectivity index (χ3n) is 3.07. The van der Waals surface area contributed by atoms with E-state index in [1.807, 2.05) is 12.2 Å². The summed E-state index contributed by atoms with van der Waals surface area (Å²) in [5.74, 6) is 7.00. The molecule has 0 atom stereocenters. The standard InChI is InChI=1S/C21H35NO/c1-19(2)18-22-20(23)16-14-12-10-8-6-7-9-11-13-15-17-21(3,4)5/h10,12,14,16,19H,6-9,11,13,18H2,1-5H3,(H,22,23). The molecule has 0 fully saturated rings. The molecule has 1 N–H and O–H groups in total. The van der Waals surface area contributed by atoms with Gasteiger partial charge in [-0.2, -0.15) is 0 Å². The number of nitrogens with one attached hydrogen (secondary N) is 1. The summed E-state index contributed by atoms with van der Waals surface area (Å²) in [5.41, 5.74) is 0.129. The Morgan fingerprint density at radius 1 is 1.09 bits per heavy atom. The molecule has 0 aliphatic heterocycles. The van der Waals surface area contributed by atoms with Gasteiger partial charge in [-0.25, -0.2) is 0 Å². The van der Waals surface area contributed by atoms with Crippen LogP contribution in [0.15, 0.2) is 24.3 Å². The van der Waals surface area contributed by atoms with Crippen molar-refractivity contribution in [2.24, 2.45) is 11.3 Å². The van der Waals surface area contributed by atoms with Crippen molar-refractivity contribution in [1.29, 1.82) is 0 Å². The van der Waals surface area contributed by atoms with E-state index >= 15 is 0 Å². The number of rotatable bonds is 10. The number of carbonyl (C=O) groups excluding carboxylic acids is 1. The molecule has 0 aliphatic carbocycles. The van der Waals surface area contributed by atoms with Crippen molar-refractivity contribution in [2.75, 3.05) is 6.54 Å². The van der Waals surface area contributed by atoms with E-state index in [9.17, 15) is 4.79 Å². The van der Waals surface area contributed by atoms with Crippen LogP contribution in [0.1, 0.15) is 73.1 Å². The molecule has 0 spiro atoms. The molecule has 0 aliphatic rings. The minimum absolute atomic E-state index is 0.0142. The molecule has 2 nitrogen and oxygen atoms in total. The van der Waals surface area contributed by atoms with Crippen molar-refractivity contribution in [3.8, 4) is 11.8 Å². The molecule has 0 rings (SSSR count). The molecule has 0 aromatic rings. The van der Waals surface area contributed by atoms with Gasteiger partial charge in [-0.15, -0.1) is 5.92 Å². The lowest BCUT2D eigenvalue weighted by atomic mass is 9.97. The molecular weight excluding hydrogens is 282 g/mol. The van der Waals surface area contributed by atoms with Crippen LogP contribution in [0.5, 0.6) is 0 Å². The van der Waals surface area contributed by atoms with Gasteiger partial charge in [0.05, 0.1) is 0 Å². The number of amides is 1. The van der Waals surface area contributed by atoms with Crippen molar-refractivity contribution in [3.05, 3.63) is 24.3 Å². The summed E-state index contributed by atoms with van der Waals surface area (Å²) >= 11 is 0. The minimum Gasteiger partial charge on any atom is -0.352 e. The Labute approximate surface area is 143 Å². The normalized spacial score (nSPS) is 11.9. The lowest BCUT2D eigenvalue weighted by Crippen LogP contribution is -2.25. The Bertz CT molecular complexity index is 427. The molecule has 0 bridgehead atoms. The van der Waals surface area contributed by atoms with Crippen LogP contribution in [0.2, 0.25) is 0 Å².